The van der Waals surface area contributed by atoms with E-state index in [-0.39, 0.29) is 87.4 Å². The number of fused-ring (bicyclic) bond motifs is 1. The van der Waals surface area contributed by atoms with Crippen molar-refractivity contribution in [3.05, 3.63) is 53.1 Å². The number of carbonyl (C=O) groups excluding carboxylic acids is 4. The zero-order chi connectivity index (χ0) is 24.4. The van der Waals surface area contributed by atoms with E-state index in [1.807, 2.05) is 0 Å². The Balaban J connectivity index is 0.00000228. The number of carboxylic acids is 2. The number of rotatable bonds is 9. The van der Waals surface area contributed by atoms with Crippen LogP contribution in [0.3, 0.4) is 0 Å². The average Bonchev–Trinajstić information content (AvgIpc) is 3.26. The van der Waals surface area contributed by atoms with Gasteiger partial charge in [-0.15, -0.1) is 22.0 Å². The number of aromatic nitrogens is 2. The van der Waals surface area contributed by atoms with Crippen LogP contribution in [-0.2, 0) is 25.6 Å². The molecule has 0 bridgehead atoms. The maximum Gasteiger partial charge on any atom is 1.00 e. The maximum atomic E-state index is 12.7. The second-order valence-electron chi connectivity index (χ2n) is 7.25. The van der Waals surface area contributed by atoms with Gasteiger partial charge in [0.25, 0.3) is 17.0 Å². The first-order chi connectivity index (χ1) is 16.3. The van der Waals surface area contributed by atoms with Gasteiger partial charge in [0.1, 0.15) is 11.4 Å². The molecule has 0 saturated carbocycles. The smallest absolute Gasteiger partial charge is 0.550 e. The van der Waals surface area contributed by atoms with Crippen molar-refractivity contribution in [3.8, 4) is 0 Å². The molecule has 3 heterocycles. The largest absolute Gasteiger partial charge is 1.00 e. The molecule has 4 rings (SSSR count). The predicted octanol–water partition coefficient (Wildman–Crippen LogP) is -8.40. The molecule has 2 unspecified atom stereocenters. The van der Waals surface area contributed by atoms with Crippen molar-refractivity contribution in [3.63, 3.8) is 0 Å². The second kappa shape index (κ2) is 13.4. The molecule has 2 aliphatic rings. The number of thioether (sulfide) groups is 2. The van der Waals surface area contributed by atoms with Gasteiger partial charge < -0.3 is 34.6 Å². The molecule has 36 heavy (non-hydrogen) atoms. The Morgan fingerprint density at radius 2 is 1.92 bits per heavy atom. The summed E-state index contributed by atoms with van der Waals surface area (Å²) >= 11 is 2.23. The number of nitrogens with one attached hydrogen (secondary N) is 1. The summed E-state index contributed by atoms with van der Waals surface area (Å²) in [5.74, 6) is -4.20. The van der Waals surface area contributed by atoms with Crippen molar-refractivity contribution < 1.29 is 98.0 Å². The number of nitrogens with zero attached hydrogens (tertiary/aromatic N) is 3. The molecule has 3 atom stereocenters. The van der Waals surface area contributed by atoms with Crippen LogP contribution in [0.5, 0.6) is 0 Å². The fraction of sp³-hybridized carbons (Fsp3) is 0.300. The first-order valence-electron chi connectivity index (χ1n) is 9.82. The third-order valence-corrected chi connectivity index (χ3v) is 7.26. The summed E-state index contributed by atoms with van der Waals surface area (Å²) in [5.41, 5.74) is 0.427. The molecule has 16 heteroatoms. The van der Waals surface area contributed by atoms with Gasteiger partial charge in [0.05, 0.1) is 24.1 Å². The molecule has 0 spiro atoms. The van der Waals surface area contributed by atoms with Crippen LogP contribution in [0.15, 0.2) is 51.2 Å². The van der Waals surface area contributed by atoms with Gasteiger partial charge in [-0.2, -0.15) is 0 Å². The normalized spacial score (nSPS) is 19.2. The molecular formula is C20H16N4Na2O8S2. The van der Waals surface area contributed by atoms with E-state index in [0.29, 0.717) is 11.1 Å². The molecule has 1 aromatic carbocycles. The topological polar surface area (TPSA) is 189 Å². The number of β-lactam (4-membered cyclic amide) rings is 1. The van der Waals surface area contributed by atoms with Crippen molar-refractivity contribution in [2.45, 2.75) is 29.2 Å². The number of amides is 2. The first-order valence-corrected chi connectivity index (χ1v) is 11.9. The van der Waals surface area contributed by atoms with Crippen molar-refractivity contribution in [2.24, 2.45) is 0 Å². The van der Waals surface area contributed by atoms with Gasteiger partial charge in [0.15, 0.2) is 6.10 Å². The Morgan fingerprint density at radius 3 is 2.56 bits per heavy atom. The van der Waals surface area contributed by atoms with E-state index >= 15 is 0 Å². The summed E-state index contributed by atoms with van der Waals surface area (Å²) in [6, 6.07) is 7.19. The molecule has 178 valence electrons. The van der Waals surface area contributed by atoms with Crippen molar-refractivity contribution in [1.29, 1.82) is 0 Å². The number of carbonyl (C=O) groups is 4. The quantitative estimate of drug-likeness (QED) is 0.171. The zero-order valence-electron chi connectivity index (χ0n) is 19.2. The fourth-order valence-electron chi connectivity index (χ4n) is 3.44. The average molecular weight is 550 g/mol. The first kappa shape index (κ1) is 30.9. The number of hydrogen-bond acceptors (Lipinski definition) is 12. The zero-order valence-corrected chi connectivity index (χ0v) is 24.8. The maximum absolute atomic E-state index is 12.7. The second-order valence-corrected chi connectivity index (χ2v) is 9.28. The van der Waals surface area contributed by atoms with E-state index < -0.39 is 47.7 Å². The number of aliphatic carboxylic acids is 2. The van der Waals surface area contributed by atoms with Gasteiger partial charge in [-0.05, 0) is 11.1 Å². The van der Waals surface area contributed by atoms with Crippen molar-refractivity contribution >= 4 is 47.3 Å². The Labute approximate surface area is 257 Å². The number of hydrogen-bond donors (Lipinski definition) is 2. The molecular weight excluding hydrogens is 534 g/mol. The summed E-state index contributed by atoms with van der Waals surface area (Å²) < 4.78 is 5.16. The molecule has 1 aromatic heterocycles. The predicted molar refractivity (Wildman–Crippen MR) is 112 cm³/mol. The van der Waals surface area contributed by atoms with Gasteiger partial charge in [-0.1, -0.05) is 42.1 Å². The summed E-state index contributed by atoms with van der Waals surface area (Å²) in [4.78, 5) is 48.6. The van der Waals surface area contributed by atoms with Crippen molar-refractivity contribution in [2.75, 3.05) is 11.5 Å². The van der Waals surface area contributed by atoms with Gasteiger partial charge in [-0.3, -0.25) is 14.5 Å². The summed E-state index contributed by atoms with van der Waals surface area (Å²) in [7, 11) is 0. The Hall–Kier alpha value is -1.36. The standard InChI is InChI=1S/C20H18N4O8S2.2Na/c25-12(26)6-11-22-23-20(32-11)34-8-10-7-33-18-13(17(29)24(18)14(10)19(30)31)21-16(28)15(27)9-4-2-1-3-5-9;;/h1-5,13,15,18,27H,6-8H2,(H,21,28)(H,25,26)(H,30,31);;/q;2*+1/p-2/t13?,15?,18-;;/m0../s1. The molecule has 12 nitrogen and oxygen atoms in total. The van der Waals surface area contributed by atoms with E-state index in [1.165, 1.54) is 11.8 Å². The van der Waals surface area contributed by atoms with Crippen LogP contribution in [0.4, 0.5) is 0 Å². The van der Waals surface area contributed by atoms with Crippen LogP contribution in [0, 0.1) is 0 Å². The Bertz CT molecular complexity index is 1180. The third-order valence-electron chi connectivity index (χ3n) is 5.02. The minimum atomic E-state index is -1.55. The molecule has 2 amide bonds. The van der Waals surface area contributed by atoms with Gasteiger partial charge in [-0.25, -0.2) is 0 Å². The van der Waals surface area contributed by atoms with Crippen molar-refractivity contribution in [1.82, 2.24) is 20.4 Å². The van der Waals surface area contributed by atoms with Crippen LogP contribution < -0.4 is 74.6 Å². The number of carboxylic acid groups (broad SMARTS) is 2. The number of benzene rings is 1. The van der Waals surface area contributed by atoms with E-state index in [9.17, 15) is 34.5 Å². The minimum Gasteiger partial charge on any atom is -0.550 e. The van der Waals surface area contributed by atoms with Gasteiger partial charge >= 0.3 is 59.1 Å². The molecule has 1 saturated heterocycles. The molecule has 2 aliphatic heterocycles. The van der Waals surface area contributed by atoms with Crippen LogP contribution in [0.25, 0.3) is 0 Å². The molecule has 2 N–H and O–H groups in total. The number of aliphatic hydroxyl groups is 1. The Morgan fingerprint density at radius 1 is 1.22 bits per heavy atom. The van der Waals surface area contributed by atoms with E-state index in [2.05, 4.69) is 15.5 Å². The molecule has 0 radical (unpaired) electrons. The van der Waals surface area contributed by atoms with Crippen LogP contribution in [0.2, 0.25) is 0 Å². The van der Waals surface area contributed by atoms with Gasteiger partial charge in [0.2, 0.25) is 5.89 Å². The Kier molecular flexibility index (Phi) is 11.5. The molecule has 2 aromatic rings. The molecule has 1 fully saturated rings. The summed E-state index contributed by atoms with van der Waals surface area (Å²) in [6.45, 7) is 0. The van der Waals surface area contributed by atoms with Crippen LogP contribution in [-0.4, -0.2) is 66.9 Å². The SMILES string of the molecule is O=C([O-])Cc1nnc(SCC2=C(C(=O)[O-])N3C(=O)C(NC(=O)C(O)c4ccccc4)[C@@H]3SC2)o1.[Na+].[Na+]. The van der Waals surface area contributed by atoms with E-state index in [4.69, 9.17) is 4.42 Å². The summed E-state index contributed by atoms with van der Waals surface area (Å²) in [6.07, 6.45) is -2.03. The van der Waals surface area contributed by atoms with Crippen LogP contribution >= 0.6 is 23.5 Å². The van der Waals surface area contributed by atoms with E-state index in [0.717, 1.165) is 16.7 Å². The monoisotopic (exact) mass is 550 g/mol. The third kappa shape index (κ3) is 6.74. The van der Waals surface area contributed by atoms with Gasteiger partial charge in [0, 0.05) is 11.5 Å². The fourth-order valence-corrected chi connectivity index (χ4v) is 5.71. The molecule has 0 aliphatic carbocycles. The number of aliphatic hydroxyl groups excluding tert-OH is 1. The summed E-state index contributed by atoms with van der Waals surface area (Å²) in [5, 5.41) is 41.8. The van der Waals surface area contributed by atoms with E-state index in [1.54, 1.807) is 30.3 Å². The van der Waals surface area contributed by atoms with Crippen LogP contribution in [0.1, 0.15) is 17.6 Å². The minimum absolute atomic E-state index is 0.